The summed E-state index contributed by atoms with van der Waals surface area (Å²) in [6.07, 6.45) is 5.06. The van der Waals surface area contributed by atoms with Crippen LogP contribution in [0.1, 0.15) is 38.2 Å². The van der Waals surface area contributed by atoms with E-state index < -0.39 is 0 Å². The molecule has 0 radical (unpaired) electrons. The Kier molecular flexibility index (Phi) is 5.34. The van der Waals surface area contributed by atoms with E-state index in [4.69, 9.17) is 23.2 Å². The van der Waals surface area contributed by atoms with E-state index in [-0.39, 0.29) is 12.3 Å². The van der Waals surface area contributed by atoms with E-state index in [1.165, 1.54) is 19.3 Å². The number of nitrogens with zero attached hydrogens (tertiary/aromatic N) is 1. The molecule has 1 amide bonds. The largest absolute Gasteiger partial charge is 0.342 e. The average molecular weight is 314 g/mol. The molecule has 1 saturated carbocycles. The Bertz CT molecular complexity index is 469. The van der Waals surface area contributed by atoms with E-state index in [0.29, 0.717) is 22.0 Å². The normalized spacial score (nSPS) is 22.6. The molecule has 0 heterocycles. The third-order valence-corrected chi connectivity index (χ3v) is 5.05. The smallest absolute Gasteiger partial charge is 0.227 e. The quantitative estimate of drug-likeness (QED) is 0.800. The Morgan fingerprint density at radius 1 is 1.25 bits per heavy atom. The van der Waals surface area contributed by atoms with E-state index in [1.54, 1.807) is 18.2 Å². The summed E-state index contributed by atoms with van der Waals surface area (Å²) >= 11 is 12.3. The van der Waals surface area contributed by atoms with Gasteiger partial charge >= 0.3 is 0 Å². The van der Waals surface area contributed by atoms with Crippen LogP contribution in [0.25, 0.3) is 0 Å². The second kappa shape index (κ2) is 6.82. The lowest BCUT2D eigenvalue weighted by molar-refractivity contribution is -0.132. The van der Waals surface area contributed by atoms with Crippen molar-refractivity contribution >= 4 is 29.1 Å². The maximum absolute atomic E-state index is 12.5. The highest BCUT2D eigenvalue weighted by Gasteiger charge is 2.28. The first-order valence-electron chi connectivity index (χ1n) is 7.19. The first kappa shape index (κ1) is 15.7. The van der Waals surface area contributed by atoms with Crippen molar-refractivity contribution in [2.75, 3.05) is 7.05 Å². The highest BCUT2D eigenvalue weighted by molar-refractivity contribution is 6.36. The number of hydrogen-bond acceptors (Lipinski definition) is 1. The highest BCUT2D eigenvalue weighted by atomic mass is 35.5. The van der Waals surface area contributed by atoms with Crippen molar-refractivity contribution in [1.29, 1.82) is 0 Å². The zero-order valence-electron chi connectivity index (χ0n) is 12.0. The number of benzene rings is 1. The van der Waals surface area contributed by atoms with Gasteiger partial charge in [-0.25, -0.2) is 0 Å². The summed E-state index contributed by atoms with van der Waals surface area (Å²) in [5, 5.41) is 1.13. The van der Waals surface area contributed by atoms with Gasteiger partial charge in [0.2, 0.25) is 5.91 Å². The molecule has 2 unspecified atom stereocenters. The lowest BCUT2D eigenvalue weighted by atomic mass is 9.85. The molecule has 2 rings (SSSR count). The number of likely N-dealkylation sites (N-methyl/N-ethyl adjacent to an activating group) is 1. The summed E-state index contributed by atoms with van der Waals surface area (Å²) in [7, 11) is 1.90. The second-order valence-corrected chi connectivity index (χ2v) is 6.53. The van der Waals surface area contributed by atoms with Crippen LogP contribution in [0.3, 0.4) is 0 Å². The van der Waals surface area contributed by atoms with Crippen molar-refractivity contribution in [2.24, 2.45) is 5.92 Å². The zero-order chi connectivity index (χ0) is 14.7. The number of carbonyl (C=O) groups is 1. The summed E-state index contributed by atoms with van der Waals surface area (Å²) in [4.78, 5) is 14.4. The molecule has 0 aromatic heterocycles. The molecule has 0 spiro atoms. The van der Waals surface area contributed by atoms with E-state index in [0.717, 1.165) is 12.0 Å². The van der Waals surface area contributed by atoms with Gasteiger partial charge in [-0.05, 0) is 36.5 Å². The third kappa shape index (κ3) is 3.48. The number of carbonyl (C=O) groups excluding carboxylic acids is 1. The molecule has 1 aliphatic carbocycles. The number of halogens is 2. The van der Waals surface area contributed by atoms with E-state index in [2.05, 4.69) is 6.92 Å². The Labute approximate surface area is 131 Å². The molecule has 1 aromatic carbocycles. The first-order valence-corrected chi connectivity index (χ1v) is 7.95. The fraction of sp³-hybridized carbons (Fsp3) is 0.562. The fourth-order valence-corrected chi connectivity index (χ4v) is 3.57. The van der Waals surface area contributed by atoms with Crippen molar-refractivity contribution in [1.82, 2.24) is 4.90 Å². The minimum atomic E-state index is 0.0961. The summed E-state index contributed by atoms with van der Waals surface area (Å²) in [5.41, 5.74) is 0.733. The molecular weight excluding hydrogens is 293 g/mol. The Hall–Kier alpha value is -0.730. The summed E-state index contributed by atoms with van der Waals surface area (Å²) in [6.45, 7) is 2.23. The molecular formula is C16H21Cl2NO. The first-order chi connectivity index (χ1) is 9.50. The molecule has 1 aromatic rings. The Balaban J connectivity index is 2.07. The minimum absolute atomic E-state index is 0.0961. The van der Waals surface area contributed by atoms with Crippen molar-refractivity contribution in [3.8, 4) is 0 Å². The minimum Gasteiger partial charge on any atom is -0.342 e. The van der Waals surface area contributed by atoms with Crippen molar-refractivity contribution in [3.05, 3.63) is 33.8 Å². The molecule has 4 heteroatoms. The molecule has 0 aliphatic heterocycles. The van der Waals surface area contributed by atoms with E-state index in [9.17, 15) is 4.79 Å². The van der Waals surface area contributed by atoms with Crippen LogP contribution >= 0.6 is 23.2 Å². The monoisotopic (exact) mass is 313 g/mol. The van der Waals surface area contributed by atoms with Crippen molar-refractivity contribution in [3.63, 3.8) is 0 Å². The molecule has 2 nitrogen and oxygen atoms in total. The van der Waals surface area contributed by atoms with Gasteiger partial charge in [-0.15, -0.1) is 0 Å². The molecule has 0 N–H and O–H groups in total. The van der Waals surface area contributed by atoms with Gasteiger partial charge in [0.1, 0.15) is 0 Å². The summed E-state index contributed by atoms with van der Waals surface area (Å²) in [5.74, 6) is 0.665. The van der Waals surface area contributed by atoms with Gasteiger partial charge in [0.05, 0.1) is 6.42 Å². The predicted molar refractivity (Wildman–Crippen MR) is 84.4 cm³/mol. The number of hydrogen-bond donors (Lipinski definition) is 0. The summed E-state index contributed by atoms with van der Waals surface area (Å²) in [6, 6.07) is 5.70. The average Bonchev–Trinajstić information content (AvgIpc) is 2.42. The molecule has 2 atom stereocenters. The SMILES string of the molecule is CC1CCCCC1N(C)C(=O)Cc1c(Cl)cccc1Cl. The van der Waals surface area contributed by atoms with Crippen LogP contribution < -0.4 is 0 Å². The topological polar surface area (TPSA) is 20.3 Å². The van der Waals surface area contributed by atoms with Crippen LogP contribution in [0.15, 0.2) is 18.2 Å². The zero-order valence-corrected chi connectivity index (χ0v) is 13.5. The van der Waals surface area contributed by atoms with Crippen LogP contribution in [0, 0.1) is 5.92 Å². The lowest BCUT2D eigenvalue weighted by Gasteiger charge is -2.36. The van der Waals surface area contributed by atoms with Gasteiger partial charge in [-0.2, -0.15) is 0 Å². The number of amides is 1. The van der Waals surface area contributed by atoms with Crippen LogP contribution in [0.2, 0.25) is 10.0 Å². The standard InChI is InChI=1S/C16H21Cl2NO/c1-11-6-3-4-9-15(11)19(2)16(20)10-12-13(17)7-5-8-14(12)18/h5,7-8,11,15H,3-4,6,9-10H2,1-2H3. The third-order valence-electron chi connectivity index (χ3n) is 4.35. The van der Waals surface area contributed by atoms with Crippen LogP contribution in [0.4, 0.5) is 0 Å². The maximum Gasteiger partial charge on any atom is 0.227 e. The molecule has 110 valence electrons. The number of rotatable bonds is 3. The van der Waals surface area contributed by atoms with Gasteiger partial charge in [0.25, 0.3) is 0 Å². The second-order valence-electron chi connectivity index (χ2n) is 5.71. The van der Waals surface area contributed by atoms with Crippen LogP contribution in [0.5, 0.6) is 0 Å². The van der Waals surface area contributed by atoms with Gasteiger partial charge in [-0.3, -0.25) is 4.79 Å². The van der Waals surface area contributed by atoms with Crippen LogP contribution in [-0.2, 0) is 11.2 Å². The molecule has 0 bridgehead atoms. The van der Waals surface area contributed by atoms with Crippen LogP contribution in [-0.4, -0.2) is 23.9 Å². The predicted octanol–water partition coefficient (Wildman–Crippen LogP) is 4.57. The van der Waals surface area contributed by atoms with Crippen molar-refractivity contribution < 1.29 is 4.79 Å². The Morgan fingerprint density at radius 3 is 2.45 bits per heavy atom. The van der Waals surface area contributed by atoms with Crippen molar-refractivity contribution in [2.45, 2.75) is 45.1 Å². The maximum atomic E-state index is 12.5. The fourth-order valence-electron chi connectivity index (χ4n) is 3.03. The van der Waals surface area contributed by atoms with Gasteiger partial charge in [0.15, 0.2) is 0 Å². The van der Waals surface area contributed by atoms with E-state index >= 15 is 0 Å². The molecule has 1 aliphatic rings. The highest BCUT2D eigenvalue weighted by Crippen LogP contribution is 2.29. The summed E-state index contributed by atoms with van der Waals surface area (Å²) < 4.78 is 0. The van der Waals surface area contributed by atoms with E-state index in [1.807, 2.05) is 11.9 Å². The Morgan fingerprint density at radius 2 is 1.85 bits per heavy atom. The van der Waals surface area contributed by atoms with Gasteiger partial charge in [-0.1, -0.05) is 49.0 Å². The lowest BCUT2D eigenvalue weighted by Crippen LogP contribution is -2.43. The molecule has 20 heavy (non-hydrogen) atoms. The molecule has 0 saturated heterocycles. The van der Waals surface area contributed by atoms with Gasteiger partial charge < -0.3 is 4.90 Å². The molecule has 1 fully saturated rings. The van der Waals surface area contributed by atoms with Gasteiger partial charge in [0, 0.05) is 23.1 Å².